The van der Waals surface area contributed by atoms with Crippen LogP contribution in [-0.2, 0) is 9.53 Å². The Morgan fingerprint density at radius 2 is 2.38 bits per heavy atom. The first kappa shape index (κ1) is 14.3. The molecule has 0 aliphatic heterocycles. The summed E-state index contributed by atoms with van der Waals surface area (Å²) in [7, 11) is 0. The van der Waals surface area contributed by atoms with Crippen molar-refractivity contribution in [3.63, 3.8) is 0 Å². The first-order valence-corrected chi connectivity index (χ1v) is 4.64. The van der Waals surface area contributed by atoms with Gasteiger partial charge in [0.25, 0.3) is 0 Å². The third-order valence-electron chi connectivity index (χ3n) is 1.61. The quantitative estimate of drug-likeness (QED) is 0.227. The Morgan fingerprint density at radius 3 is 2.81 bits per heavy atom. The zero-order chi connectivity index (χ0) is 12.4. The van der Waals surface area contributed by atoms with E-state index in [1.807, 2.05) is 0 Å². The van der Waals surface area contributed by atoms with Gasteiger partial charge in [0.15, 0.2) is 0 Å². The number of amides is 1. The summed E-state index contributed by atoms with van der Waals surface area (Å²) in [4.78, 5) is 13.8. The molecular formula is C10H16N2O4. The van der Waals surface area contributed by atoms with Crippen molar-refractivity contribution in [2.75, 3.05) is 13.2 Å². The lowest BCUT2D eigenvalue weighted by molar-refractivity contribution is -0.108. The maximum absolute atomic E-state index is 10.2. The van der Waals surface area contributed by atoms with Gasteiger partial charge in [-0.25, -0.2) is 4.99 Å². The van der Waals surface area contributed by atoms with Crippen LogP contribution in [0.2, 0.25) is 0 Å². The second-order valence-electron chi connectivity index (χ2n) is 2.79. The van der Waals surface area contributed by atoms with Crippen LogP contribution >= 0.6 is 0 Å². The van der Waals surface area contributed by atoms with E-state index in [2.05, 4.69) is 17.0 Å². The number of hydrogen-bond donors (Lipinski definition) is 3. The molecule has 0 saturated carbocycles. The van der Waals surface area contributed by atoms with Crippen molar-refractivity contribution in [1.29, 1.82) is 0 Å². The molecule has 0 aromatic heterocycles. The fourth-order valence-electron chi connectivity index (χ4n) is 0.777. The zero-order valence-corrected chi connectivity index (χ0v) is 9.09. The van der Waals surface area contributed by atoms with Gasteiger partial charge in [-0.3, -0.25) is 4.79 Å². The molecule has 3 N–H and O–H groups in total. The number of nitrogens with one attached hydrogen (secondary N) is 1. The SMILES string of the molecule is C=N/C(=C\C(=C/C)NC=O)OCC(O)CO. The molecule has 90 valence electrons. The Morgan fingerprint density at radius 1 is 1.69 bits per heavy atom. The number of hydrogen-bond acceptors (Lipinski definition) is 5. The van der Waals surface area contributed by atoms with Gasteiger partial charge in [-0.05, 0) is 13.6 Å². The molecule has 0 aromatic carbocycles. The summed E-state index contributed by atoms with van der Waals surface area (Å²) in [5.41, 5.74) is 0.496. The summed E-state index contributed by atoms with van der Waals surface area (Å²) in [6, 6.07) is 0. The van der Waals surface area contributed by atoms with Crippen LogP contribution in [-0.4, -0.2) is 42.7 Å². The highest BCUT2D eigenvalue weighted by atomic mass is 16.5. The van der Waals surface area contributed by atoms with E-state index in [9.17, 15) is 4.79 Å². The highest BCUT2D eigenvalue weighted by Gasteiger charge is 2.04. The Balaban J connectivity index is 4.40. The molecule has 0 radical (unpaired) electrons. The third-order valence-corrected chi connectivity index (χ3v) is 1.61. The van der Waals surface area contributed by atoms with E-state index in [-0.39, 0.29) is 12.5 Å². The Hall–Kier alpha value is -1.66. The van der Waals surface area contributed by atoms with Gasteiger partial charge in [0.05, 0.1) is 6.61 Å². The van der Waals surface area contributed by atoms with Crippen LogP contribution in [0.3, 0.4) is 0 Å². The molecule has 6 nitrogen and oxygen atoms in total. The summed E-state index contributed by atoms with van der Waals surface area (Å²) in [5.74, 6) is 0.148. The standard InChI is InChI=1S/C10H16N2O4/c1-3-8(12-7-14)4-10(11-2)16-6-9(15)5-13/h3-4,7,9,13,15H,2,5-6H2,1H3,(H,12,14)/b8-3+,10-4+. The molecule has 0 aliphatic carbocycles. The Kier molecular flexibility index (Phi) is 7.74. The van der Waals surface area contributed by atoms with E-state index in [1.165, 1.54) is 6.08 Å². The first-order valence-electron chi connectivity index (χ1n) is 4.64. The molecular weight excluding hydrogens is 212 g/mol. The van der Waals surface area contributed by atoms with Gasteiger partial charge in [-0.15, -0.1) is 0 Å². The second-order valence-corrected chi connectivity index (χ2v) is 2.79. The first-order chi connectivity index (χ1) is 7.67. The zero-order valence-electron chi connectivity index (χ0n) is 9.09. The number of nitrogens with zero attached hydrogens (tertiary/aromatic N) is 1. The molecule has 1 amide bonds. The number of aliphatic hydroxyl groups excluding tert-OH is 2. The van der Waals surface area contributed by atoms with Gasteiger partial charge < -0.3 is 20.3 Å². The van der Waals surface area contributed by atoms with E-state index in [4.69, 9.17) is 14.9 Å². The maximum Gasteiger partial charge on any atom is 0.214 e. The molecule has 6 heteroatoms. The smallest absolute Gasteiger partial charge is 0.214 e. The Bertz CT molecular complexity index is 287. The topological polar surface area (TPSA) is 91.2 Å². The van der Waals surface area contributed by atoms with Crippen LogP contribution in [0.15, 0.2) is 28.7 Å². The minimum absolute atomic E-state index is 0.0978. The lowest BCUT2D eigenvalue weighted by atomic mass is 10.4. The van der Waals surface area contributed by atoms with Crippen molar-refractivity contribution in [2.45, 2.75) is 13.0 Å². The fourth-order valence-corrected chi connectivity index (χ4v) is 0.777. The van der Waals surface area contributed by atoms with Gasteiger partial charge in [0.2, 0.25) is 12.3 Å². The molecule has 0 saturated heterocycles. The predicted octanol–water partition coefficient (Wildman–Crippen LogP) is -0.452. The number of aliphatic hydroxyl groups is 2. The molecule has 0 aromatic rings. The highest BCUT2D eigenvalue weighted by Crippen LogP contribution is 2.04. The molecule has 0 spiro atoms. The van der Waals surface area contributed by atoms with Crippen LogP contribution in [0.1, 0.15) is 6.92 Å². The van der Waals surface area contributed by atoms with Gasteiger partial charge in [0, 0.05) is 11.8 Å². The predicted molar refractivity (Wildman–Crippen MR) is 59.6 cm³/mol. The van der Waals surface area contributed by atoms with Crippen molar-refractivity contribution in [1.82, 2.24) is 5.32 Å². The lowest BCUT2D eigenvalue weighted by Crippen LogP contribution is -2.19. The molecule has 0 heterocycles. The molecule has 0 fully saturated rings. The van der Waals surface area contributed by atoms with E-state index >= 15 is 0 Å². The molecule has 0 rings (SSSR count). The number of aliphatic imine (C=N–C) groups is 1. The minimum atomic E-state index is -0.974. The average Bonchev–Trinajstić information content (AvgIpc) is 2.32. The number of carbonyl (C=O) groups excluding carboxylic acids is 1. The van der Waals surface area contributed by atoms with Gasteiger partial charge in [-0.1, -0.05) is 6.08 Å². The van der Waals surface area contributed by atoms with Crippen LogP contribution in [0.25, 0.3) is 0 Å². The lowest BCUT2D eigenvalue weighted by Gasteiger charge is -2.10. The molecule has 1 atom stereocenters. The minimum Gasteiger partial charge on any atom is -0.475 e. The van der Waals surface area contributed by atoms with E-state index in [0.717, 1.165) is 0 Å². The van der Waals surface area contributed by atoms with Crippen molar-refractivity contribution in [3.05, 3.63) is 23.7 Å². The monoisotopic (exact) mass is 228 g/mol. The van der Waals surface area contributed by atoms with Crippen LogP contribution in [0, 0.1) is 0 Å². The molecule has 16 heavy (non-hydrogen) atoms. The average molecular weight is 228 g/mol. The summed E-state index contributed by atoms with van der Waals surface area (Å²) in [6.07, 6.45) is 2.64. The van der Waals surface area contributed by atoms with Crippen molar-refractivity contribution < 1.29 is 19.7 Å². The van der Waals surface area contributed by atoms with E-state index in [0.29, 0.717) is 12.1 Å². The number of rotatable bonds is 8. The Labute approximate surface area is 94.0 Å². The number of allylic oxidation sites excluding steroid dienone is 2. The van der Waals surface area contributed by atoms with Crippen LogP contribution in [0.5, 0.6) is 0 Å². The summed E-state index contributed by atoms with van der Waals surface area (Å²) in [5, 5.41) is 20.0. The number of carbonyl (C=O) groups is 1. The normalized spacial score (nSPS) is 14.2. The van der Waals surface area contributed by atoms with E-state index in [1.54, 1.807) is 13.0 Å². The molecule has 0 aliphatic rings. The van der Waals surface area contributed by atoms with Crippen LogP contribution < -0.4 is 5.32 Å². The van der Waals surface area contributed by atoms with Crippen LogP contribution in [0.4, 0.5) is 0 Å². The van der Waals surface area contributed by atoms with Gasteiger partial charge in [0.1, 0.15) is 12.7 Å². The fraction of sp³-hybridized carbons (Fsp3) is 0.400. The van der Waals surface area contributed by atoms with Crippen molar-refractivity contribution in [3.8, 4) is 0 Å². The summed E-state index contributed by atoms with van der Waals surface area (Å²) in [6.45, 7) is 4.52. The van der Waals surface area contributed by atoms with Gasteiger partial charge in [-0.2, -0.15) is 0 Å². The van der Waals surface area contributed by atoms with E-state index < -0.39 is 12.7 Å². The summed E-state index contributed by atoms with van der Waals surface area (Å²) >= 11 is 0. The second kappa shape index (κ2) is 8.63. The highest BCUT2D eigenvalue weighted by molar-refractivity contribution is 5.52. The molecule has 1 unspecified atom stereocenters. The third kappa shape index (κ3) is 5.94. The maximum atomic E-state index is 10.2. The number of ether oxygens (including phenoxy) is 1. The molecule has 0 bridgehead atoms. The summed E-state index contributed by atoms with van der Waals surface area (Å²) < 4.78 is 5.05. The van der Waals surface area contributed by atoms with Crippen molar-refractivity contribution in [2.24, 2.45) is 4.99 Å². The largest absolute Gasteiger partial charge is 0.475 e. The van der Waals surface area contributed by atoms with Crippen molar-refractivity contribution >= 4 is 13.1 Å². The van der Waals surface area contributed by atoms with Gasteiger partial charge >= 0.3 is 0 Å².